The quantitative estimate of drug-likeness (QED) is 0.776. The van der Waals surface area contributed by atoms with Crippen LogP contribution in [0.3, 0.4) is 0 Å². The fraction of sp³-hybridized carbons (Fsp3) is 0.250. The van der Waals surface area contributed by atoms with Crippen molar-refractivity contribution >= 4 is 10.9 Å². The zero-order valence-electron chi connectivity index (χ0n) is 12.0. The number of fused-ring (bicyclic) bond motifs is 1. The highest BCUT2D eigenvalue weighted by Crippen LogP contribution is 2.32. The highest BCUT2D eigenvalue weighted by molar-refractivity contribution is 5.97. The maximum atomic E-state index is 5.69. The molecule has 2 heterocycles. The molecule has 0 spiro atoms. The van der Waals surface area contributed by atoms with E-state index in [1.165, 1.54) is 22.2 Å². The van der Waals surface area contributed by atoms with Crippen molar-refractivity contribution in [1.82, 2.24) is 14.5 Å². The van der Waals surface area contributed by atoms with Crippen LogP contribution >= 0.6 is 0 Å². The van der Waals surface area contributed by atoms with Gasteiger partial charge in [-0.25, -0.2) is 9.97 Å². The minimum absolute atomic E-state index is 0.360. The van der Waals surface area contributed by atoms with E-state index in [1.807, 2.05) is 13.0 Å². The lowest BCUT2D eigenvalue weighted by Gasteiger charge is -2.06. The Morgan fingerprint density at radius 1 is 1.15 bits per heavy atom. The van der Waals surface area contributed by atoms with Gasteiger partial charge < -0.3 is 10.3 Å². The van der Waals surface area contributed by atoms with Gasteiger partial charge in [-0.15, -0.1) is 0 Å². The van der Waals surface area contributed by atoms with Crippen molar-refractivity contribution in [3.63, 3.8) is 0 Å². The van der Waals surface area contributed by atoms with Crippen molar-refractivity contribution < 1.29 is 0 Å². The molecule has 0 fully saturated rings. The lowest BCUT2D eigenvalue weighted by Crippen LogP contribution is -2.05. The van der Waals surface area contributed by atoms with E-state index in [0.717, 1.165) is 11.4 Å². The van der Waals surface area contributed by atoms with E-state index in [0.29, 0.717) is 12.4 Å². The Balaban J connectivity index is 2.35. The molecular formula is C16H18N4. The fourth-order valence-electron chi connectivity index (χ4n) is 2.69. The molecule has 0 aliphatic heterocycles. The molecule has 4 nitrogen and oxygen atoms in total. The van der Waals surface area contributed by atoms with Crippen LogP contribution in [0.15, 0.2) is 30.3 Å². The molecule has 0 aliphatic rings. The third kappa shape index (κ3) is 1.89. The minimum atomic E-state index is 0.360. The summed E-state index contributed by atoms with van der Waals surface area (Å²) in [5.74, 6) is 0.687. The van der Waals surface area contributed by atoms with E-state index >= 15 is 0 Å². The predicted octanol–water partition coefficient (Wildman–Crippen LogP) is 2.71. The van der Waals surface area contributed by atoms with Gasteiger partial charge >= 0.3 is 0 Å². The first-order valence-electron chi connectivity index (χ1n) is 6.71. The molecule has 0 unspecified atom stereocenters. The van der Waals surface area contributed by atoms with E-state index in [9.17, 15) is 0 Å². The van der Waals surface area contributed by atoms with Crippen LogP contribution in [0.1, 0.15) is 17.2 Å². The summed E-state index contributed by atoms with van der Waals surface area (Å²) >= 11 is 0. The lowest BCUT2D eigenvalue weighted by atomic mass is 10.1. The van der Waals surface area contributed by atoms with Gasteiger partial charge in [0, 0.05) is 34.9 Å². The van der Waals surface area contributed by atoms with E-state index in [2.05, 4.69) is 52.8 Å². The summed E-state index contributed by atoms with van der Waals surface area (Å²) in [6.07, 6.45) is 0. The zero-order valence-corrected chi connectivity index (χ0v) is 12.0. The maximum absolute atomic E-state index is 5.69. The molecule has 2 N–H and O–H groups in total. The lowest BCUT2D eigenvalue weighted by molar-refractivity contribution is 0.889. The Labute approximate surface area is 118 Å². The van der Waals surface area contributed by atoms with Crippen molar-refractivity contribution in [2.24, 2.45) is 12.8 Å². The Morgan fingerprint density at radius 2 is 1.90 bits per heavy atom. The second-order valence-corrected chi connectivity index (χ2v) is 5.05. The summed E-state index contributed by atoms with van der Waals surface area (Å²) < 4.78 is 2.20. The van der Waals surface area contributed by atoms with Crippen molar-refractivity contribution in [2.75, 3.05) is 0 Å². The molecule has 4 heteroatoms. The molecule has 0 radical (unpaired) electrons. The Hall–Kier alpha value is -2.20. The van der Waals surface area contributed by atoms with Gasteiger partial charge in [-0.2, -0.15) is 0 Å². The van der Waals surface area contributed by atoms with E-state index in [-0.39, 0.29) is 0 Å². The monoisotopic (exact) mass is 266 g/mol. The van der Waals surface area contributed by atoms with Crippen molar-refractivity contribution in [2.45, 2.75) is 20.4 Å². The van der Waals surface area contributed by atoms with Gasteiger partial charge in [0.15, 0.2) is 0 Å². The van der Waals surface area contributed by atoms with Gasteiger partial charge in [-0.3, -0.25) is 0 Å². The minimum Gasteiger partial charge on any atom is -0.347 e. The molecule has 20 heavy (non-hydrogen) atoms. The van der Waals surface area contributed by atoms with Crippen LogP contribution in [0.2, 0.25) is 0 Å². The second-order valence-electron chi connectivity index (χ2n) is 5.05. The highest BCUT2D eigenvalue weighted by atomic mass is 15.0. The van der Waals surface area contributed by atoms with Crippen LogP contribution < -0.4 is 5.73 Å². The number of hydrogen-bond donors (Lipinski definition) is 1. The molecule has 0 atom stereocenters. The average Bonchev–Trinajstić information content (AvgIpc) is 2.71. The van der Waals surface area contributed by atoms with Crippen LogP contribution in [0, 0.1) is 13.8 Å². The summed E-state index contributed by atoms with van der Waals surface area (Å²) in [4.78, 5) is 8.95. The number of hydrogen-bond acceptors (Lipinski definition) is 3. The molecular weight excluding hydrogens is 248 g/mol. The highest BCUT2D eigenvalue weighted by Gasteiger charge is 2.15. The number of nitrogens with zero attached hydrogens (tertiary/aromatic N) is 3. The molecule has 102 valence electrons. The Morgan fingerprint density at radius 3 is 2.65 bits per heavy atom. The van der Waals surface area contributed by atoms with Crippen LogP contribution in [0.25, 0.3) is 22.2 Å². The summed E-state index contributed by atoms with van der Waals surface area (Å²) in [5.41, 5.74) is 11.2. The average molecular weight is 266 g/mol. The topological polar surface area (TPSA) is 56.7 Å². The standard InChI is InChI=1S/C16H18N4/c1-10-8-13(19-15(9-17)18-10)16-11(2)20(3)14-7-5-4-6-12(14)16/h4-8H,9,17H2,1-3H3. The van der Waals surface area contributed by atoms with Crippen molar-refractivity contribution in [1.29, 1.82) is 0 Å². The summed E-state index contributed by atoms with van der Waals surface area (Å²) in [6, 6.07) is 10.4. The van der Waals surface area contributed by atoms with E-state index in [4.69, 9.17) is 5.73 Å². The Bertz CT molecular complexity index is 787. The van der Waals surface area contributed by atoms with Gasteiger partial charge in [0.25, 0.3) is 0 Å². The summed E-state index contributed by atoms with van der Waals surface area (Å²) in [5, 5.41) is 1.22. The first-order chi connectivity index (χ1) is 9.61. The molecule has 0 bridgehead atoms. The molecule has 3 rings (SSSR count). The Kier molecular flexibility index (Phi) is 3.03. The molecule has 0 amide bonds. The normalized spacial score (nSPS) is 11.2. The third-order valence-corrected chi connectivity index (χ3v) is 3.74. The van der Waals surface area contributed by atoms with E-state index < -0.39 is 0 Å². The van der Waals surface area contributed by atoms with Crippen LogP contribution in [0.4, 0.5) is 0 Å². The third-order valence-electron chi connectivity index (χ3n) is 3.74. The number of para-hydroxylation sites is 1. The molecule has 0 saturated heterocycles. The predicted molar refractivity (Wildman–Crippen MR) is 81.3 cm³/mol. The molecule has 3 aromatic rings. The number of nitrogens with two attached hydrogens (primary N) is 1. The fourth-order valence-corrected chi connectivity index (χ4v) is 2.69. The van der Waals surface area contributed by atoms with Gasteiger partial charge in [0.2, 0.25) is 0 Å². The van der Waals surface area contributed by atoms with Gasteiger partial charge in [-0.1, -0.05) is 18.2 Å². The zero-order chi connectivity index (χ0) is 14.3. The van der Waals surface area contributed by atoms with Crippen molar-refractivity contribution in [3.8, 4) is 11.3 Å². The summed E-state index contributed by atoms with van der Waals surface area (Å²) in [6.45, 7) is 4.46. The number of benzene rings is 1. The number of aromatic nitrogens is 3. The van der Waals surface area contributed by atoms with Gasteiger partial charge in [0.1, 0.15) is 5.82 Å². The van der Waals surface area contributed by atoms with Gasteiger partial charge in [-0.05, 0) is 26.0 Å². The van der Waals surface area contributed by atoms with Crippen molar-refractivity contribution in [3.05, 3.63) is 47.5 Å². The van der Waals surface area contributed by atoms with E-state index in [1.54, 1.807) is 0 Å². The van der Waals surface area contributed by atoms with Crippen LogP contribution in [-0.2, 0) is 13.6 Å². The largest absolute Gasteiger partial charge is 0.347 e. The molecule has 2 aromatic heterocycles. The first kappa shape index (κ1) is 12.8. The van der Waals surface area contributed by atoms with Crippen LogP contribution in [0.5, 0.6) is 0 Å². The number of rotatable bonds is 2. The maximum Gasteiger partial charge on any atom is 0.142 e. The molecule has 1 aromatic carbocycles. The smallest absolute Gasteiger partial charge is 0.142 e. The summed E-state index contributed by atoms with van der Waals surface area (Å²) in [7, 11) is 2.08. The number of aryl methyl sites for hydroxylation is 2. The second kappa shape index (κ2) is 4.72. The van der Waals surface area contributed by atoms with Crippen LogP contribution in [-0.4, -0.2) is 14.5 Å². The molecule has 0 aliphatic carbocycles. The first-order valence-corrected chi connectivity index (χ1v) is 6.71. The van der Waals surface area contributed by atoms with Gasteiger partial charge in [0.05, 0.1) is 12.2 Å². The SMILES string of the molecule is Cc1cc(-c2c(C)n(C)c3ccccc23)nc(CN)n1. The molecule has 0 saturated carbocycles.